The highest BCUT2D eigenvalue weighted by Crippen LogP contribution is 2.33. The van der Waals surface area contributed by atoms with E-state index >= 15 is 0 Å². The predicted molar refractivity (Wildman–Crippen MR) is 117 cm³/mol. The summed E-state index contributed by atoms with van der Waals surface area (Å²) >= 11 is 0. The molecule has 0 aliphatic heterocycles. The third kappa shape index (κ3) is 5.85. The number of methoxy groups -OCH3 is 1. The number of hydrogen-bond acceptors (Lipinski definition) is 3. The zero-order valence-electron chi connectivity index (χ0n) is 17.8. The number of carboxylic acids is 1. The number of aryl methyl sites for hydroxylation is 1. The highest BCUT2D eigenvalue weighted by molar-refractivity contribution is 5.87. The molecule has 2 aromatic rings. The fourth-order valence-corrected chi connectivity index (χ4v) is 4.42. The summed E-state index contributed by atoms with van der Waals surface area (Å²) in [6.07, 6.45) is 6.27. The predicted octanol–water partition coefficient (Wildman–Crippen LogP) is 4.76. The first kappa shape index (κ1) is 21.9. The Morgan fingerprint density at radius 1 is 1.03 bits per heavy atom. The molecule has 5 heteroatoms. The summed E-state index contributed by atoms with van der Waals surface area (Å²) in [6.45, 7) is 2.49. The smallest absolute Gasteiger partial charge is 0.335 e. The highest BCUT2D eigenvalue weighted by atomic mass is 16.5. The zero-order chi connectivity index (χ0) is 21.5. The van der Waals surface area contributed by atoms with Crippen LogP contribution in [0, 0.1) is 18.8 Å². The van der Waals surface area contributed by atoms with Crippen LogP contribution < -0.4 is 10.1 Å². The molecule has 30 heavy (non-hydrogen) atoms. The van der Waals surface area contributed by atoms with E-state index in [0.29, 0.717) is 12.5 Å². The van der Waals surface area contributed by atoms with E-state index in [0.717, 1.165) is 43.4 Å². The van der Waals surface area contributed by atoms with Crippen LogP contribution in [0.15, 0.2) is 42.5 Å². The molecule has 2 N–H and O–H groups in total. The molecule has 5 nitrogen and oxygen atoms in total. The number of ether oxygens (including phenoxy) is 1. The molecular weight excluding hydrogens is 378 g/mol. The molecule has 1 aliphatic rings. The first-order chi connectivity index (χ1) is 14.5. The first-order valence-corrected chi connectivity index (χ1v) is 10.7. The maximum atomic E-state index is 13.1. The first-order valence-electron chi connectivity index (χ1n) is 10.7. The van der Waals surface area contributed by atoms with Crippen LogP contribution in [-0.4, -0.2) is 24.1 Å². The van der Waals surface area contributed by atoms with Gasteiger partial charge in [-0.15, -0.1) is 0 Å². The minimum Gasteiger partial charge on any atom is -0.497 e. The number of carboxylic acid groups (broad SMARTS) is 1. The van der Waals surface area contributed by atoms with E-state index in [1.165, 1.54) is 17.5 Å². The van der Waals surface area contributed by atoms with Gasteiger partial charge in [0.15, 0.2) is 0 Å². The van der Waals surface area contributed by atoms with Gasteiger partial charge in [0.05, 0.1) is 12.7 Å². The summed E-state index contributed by atoms with van der Waals surface area (Å²) in [5.74, 6) is 0.332. The third-order valence-corrected chi connectivity index (χ3v) is 6.01. The molecule has 1 fully saturated rings. The second-order valence-corrected chi connectivity index (χ2v) is 8.29. The van der Waals surface area contributed by atoms with Crippen molar-refractivity contribution < 1.29 is 19.4 Å². The van der Waals surface area contributed by atoms with Crippen LogP contribution >= 0.6 is 0 Å². The Labute approximate surface area is 178 Å². The number of nitrogens with one attached hydrogen (secondary N) is 1. The lowest BCUT2D eigenvalue weighted by molar-refractivity contribution is -0.127. The van der Waals surface area contributed by atoms with Crippen molar-refractivity contribution in [1.29, 1.82) is 0 Å². The Morgan fingerprint density at radius 3 is 2.47 bits per heavy atom. The number of carbonyl (C=O) groups is 2. The van der Waals surface area contributed by atoms with Gasteiger partial charge < -0.3 is 15.2 Å². The van der Waals surface area contributed by atoms with Crippen molar-refractivity contribution in [2.45, 2.75) is 52.0 Å². The highest BCUT2D eigenvalue weighted by Gasteiger charge is 2.29. The van der Waals surface area contributed by atoms with Gasteiger partial charge in [-0.1, -0.05) is 37.5 Å². The molecule has 0 saturated heterocycles. The summed E-state index contributed by atoms with van der Waals surface area (Å²) in [5.41, 5.74) is 3.55. The Morgan fingerprint density at radius 2 is 1.77 bits per heavy atom. The average Bonchev–Trinajstić information content (AvgIpc) is 2.97. The van der Waals surface area contributed by atoms with E-state index in [2.05, 4.69) is 24.4 Å². The summed E-state index contributed by atoms with van der Waals surface area (Å²) in [4.78, 5) is 24.0. The van der Waals surface area contributed by atoms with Crippen LogP contribution in [0.2, 0.25) is 0 Å². The van der Waals surface area contributed by atoms with Gasteiger partial charge in [-0.3, -0.25) is 4.79 Å². The molecule has 2 unspecified atom stereocenters. The monoisotopic (exact) mass is 409 g/mol. The van der Waals surface area contributed by atoms with E-state index < -0.39 is 5.97 Å². The van der Waals surface area contributed by atoms with Gasteiger partial charge in [0.1, 0.15) is 5.75 Å². The number of carbonyl (C=O) groups excluding carboxylic acids is 1. The minimum atomic E-state index is -0.945. The van der Waals surface area contributed by atoms with Crippen LogP contribution in [0.1, 0.15) is 59.2 Å². The fourth-order valence-electron chi connectivity index (χ4n) is 4.42. The molecule has 1 aliphatic carbocycles. The molecule has 0 spiro atoms. The Balaban J connectivity index is 1.67. The topological polar surface area (TPSA) is 75.6 Å². The van der Waals surface area contributed by atoms with E-state index in [-0.39, 0.29) is 17.4 Å². The standard InChI is InChI=1S/C25H31NO4/c1-17-12-19(15-22(13-17)30-2)14-21-6-4-3-5-7-23(21)24(27)26-16-18-8-10-20(11-9-18)25(28)29/h8-13,15,21,23H,3-7,14,16H2,1-2H3,(H,26,27)(H,28,29). The van der Waals surface area contributed by atoms with Crippen LogP contribution in [-0.2, 0) is 17.8 Å². The SMILES string of the molecule is COc1cc(C)cc(CC2CCCCCC2C(=O)NCc2ccc(C(=O)O)cc2)c1. The third-order valence-electron chi connectivity index (χ3n) is 6.01. The second kappa shape index (κ2) is 10.3. The average molecular weight is 410 g/mol. The fraction of sp³-hybridized carbons (Fsp3) is 0.440. The van der Waals surface area contributed by atoms with Crippen LogP contribution in [0.4, 0.5) is 0 Å². The van der Waals surface area contributed by atoms with Crippen LogP contribution in [0.3, 0.4) is 0 Å². The van der Waals surface area contributed by atoms with Gasteiger partial charge in [-0.25, -0.2) is 4.79 Å². The van der Waals surface area contributed by atoms with Crippen molar-refractivity contribution in [3.05, 3.63) is 64.7 Å². The maximum absolute atomic E-state index is 13.1. The van der Waals surface area contributed by atoms with Gasteiger partial charge >= 0.3 is 5.97 Å². The number of benzene rings is 2. The van der Waals surface area contributed by atoms with E-state index in [1.807, 2.05) is 6.07 Å². The summed E-state index contributed by atoms with van der Waals surface area (Å²) in [5, 5.41) is 12.1. The molecule has 0 radical (unpaired) electrons. The molecule has 1 amide bonds. The van der Waals surface area contributed by atoms with E-state index in [4.69, 9.17) is 9.84 Å². The van der Waals surface area contributed by atoms with Crippen LogP contribution in [0.5, 0.6) is 5.75 Å². The molecule has 160 valence electrons. The van der Waals surface area contributed by atoms with Crippen molar-refractivity contribution in [2.24, 2.45) is 11.8 Å². The Hall–Kier alpha value is -2.82. The number of hydrogen-bond donors (Lipinski definition) is 2. The van der Waals surface area contributed by atoms with Gasteiger partial charge in [0, 0.05) is 12.5 Å². The van der Waals surface area contributed by atoms with Gasteiger partial charge in [-0.2, -0.15) is 0 Å². The van der Waals surface area contributed by atoms with Crippen LogP contribution in [0.25, 0.3) is 0 Å². The normalized spacial score (nSPS) is 19.0. The van der Waals surface area contributed by atoms with Crippen molar-refractivity contribution >= 4 is 11.9 Å². The maximum Gasteiger partial charge on any atom is 0.335 e. The molecule has 0 heterocycles. The molecule has 2 atom stereocenters. The number of aromatic carboxylic acids is 1. The van der Waals surface area contributed by atoms with Crippen molar-refractivity contribution in [3.8, 4) is 5.75 Å². The minimum absolute atomic E-state index is 0.00250. The van der Waals surface area contributed by atoms with Crippen molar-refractivity contribution in [1.82, 2.24) is 5.32 Å². The quantitative estimate of drug-likeness (QED) is 0.647. The molecule has 2 aromatic carbocycles. The summed E-state index contributed by atoms with van der Waals surface area (Å²) in [7, 11) is 1.68. The molecule has 3 rings (SSSR count). The second-order valence-electron chi connectivity index (χ2n) is 8.29. The van der Waals surface area contributed by atoms with Crippen molar-refractivity contribution in [2.75, 3.05) is 7.11 Å². The Kier molecular flexibility index (Phi) is 7.50. The molecule has 0 bridgehead atoms. The van der Waals surface area contributed by atoms with Gasteiger partial charge in [0.25, 0.3) is 0 Å². The summed E-state index contributed by atoms with van der Waals surface area (Å²) < 4.78 is 5.42. The molecule has 1 saturated carbocycles. The zero-order valence-corrected chi connectivity index (χ0v) is 17.8. The lowest BCUT2D eigenvalue weighted by Gasteiger charge is -2.25. The van der Waals surface area contributed by atoms with E-state index in [9.17, 15) is 9.59 Å². The summed E-state index contributed by atoms with van der Waals surface area (Å²) in [6, 6.07) is 13.0. The largest absolute Gasteiger partial charge is 0.497 e. The number of rotatable bonds is 7. The lowest BCUT2D eigenvalue weighted by Crippen LogP contribution is -2.35. The molecular formula is C25H31NO4. The molecule has 0 aromatic heterocycles. The van der Waals surface area contributed by atoms with Gasteiger partial charge in [-0.05, 0) is 73.1 Å². The van der Waals surface area contributed by atoms with E-state index in [1.54, 1.807) is 31.4 Å². The Bertz CT molecular complexity index is 875. The number of amides is 1. The van der Waals surface area contributed by atoms with Crippen molar-refractivity contribution in [3.63, 3.8) is 0 Å². The van der Waals surface area contributed by atoms with Gasteiger partial charge in [0.2, 0.25) is 5.91 Å². The lowest BCUT2D eigenvalue weighted by atomic mass is 9.82.